The largest absolute Gasteiger partial charge is 0.325 e. The van der Waals surface area contributed by atoms with Gasteiger partial charge in [0.25, 0.3) is 0 Å². The molecular weight excluding hydrogens is 218 g/mol. The fourth-order valence-corrected chi connectivity index (χ4v) is 3.49. The molecule has 0 spiro atoms. The van der Waals surface area contributed by atoms with Crippen molar-refractivity contribution in [1.29, 1.82) is 0 Å². The van der Waals surface area contributed by atoms with Crippen LogP contribution in [-0.4, -0.2) is 5.54 Å². The zero-order valence-electron chi connectivity index (χ0n) is 9.83. The van der Waals surface area contributed by atoms with Gasteiger partial charge in [-0.3, -0.25) is 0 Å². The molecule has 3 fully saturated rings. The highest BCUT2D eigenvalue weighted by molar-refractivity contribution is 5.85. The molecule has 3 aliphatic rings. The third-order valence-electron chi connectivity index (χ3n) is 4.18. The minimum Gasteiger partial charge on any atom is -0.325 e. The van der Waals surface area contributed by atoms with Gasteiger partial charge in [0.2, 0.25) is 0 Å². The molecule has 1 nitrogen and oxygen atoms in total. The van der Waals surface area contributed by atoms with Crippen molar-refractivity contribution in [2.75, 3.05) is 0 Å². The summed E-state index contributed by atoms with van der Waals surface area (Å²) >= 11 is 0. The van der Waals surface area contributed by atoms with Gasteiger partial charge in [-0.2, -0.15) is 0 Å². The summed E-state index contributed by atoms with van der Waals surface area (Å²) in [6.45, 7) is 2.23. The van der Waals surface area contributed by atoms with Gasteiger partial charge < -0.3 is 5.73 Å². The molecule has 0 aliphatic heterocycles. The number of benzene rings is 1. The fraction of sp³-hybridized carbons (Fsp3) is 0.571. The smallest absolute Gasteiger partial charge is 0.0179 e. The Bertz CT molecular complexity index is 362. The van der Waals surface area contributed by atoms with Crippen molar-refractivity contribution in [1.82, 2.24) is 0 Å². The first-order valence-corrected chi connectivity index (χ1v) is 6.04. The summed E-state index contributed by atoms with van der Waals surface area (Å²) in [5.74, 6) is 0. The molecule has 0 heterocycles. The van der Waals surface area contributed by atoms with Gasteiger partial charge in [0.15, 0.2) is 0 Å². The van der Waals surface area contributed by atoms with E-state index in [1.54, 1.807) is 0 Å². The first kappa shape index (κ1) is 11.9. The van der Waals surface area contributed by atoms with Gasteiger partial charge >= 0.3 is 0 Å². The van der Waals surface area contributed by atoms with Crippen LogP contribution < -0.4 is 5.73 Å². The monoisotopic (exact) mass is 237 g/mol. The Morgan fingerprint density at radius 3 is 2.12 bits per heavy atom. The molecule has 16 heavy (non-hydrogen) atoms. The molecule has 0 unspecified atom stereocenters. The normalized spacial score (nSPS) is 34.6. The molecular formula is C14H20ClN. The fourth-order valence-electron chi connectivity index (χ4n) is 3.49. The van der Waals surface area contributed by atoms with E-state index in [1.165, 1.54) is 43.2 Å². The van der Waals surface area contributed by atoms with Crippen LogP contribution in [0, 0.1) is 0 Å². The Morgan fingerprint density at radius 2 is 1.69 bits per heavy atom. The van der Waals surface area contributed by atoms with E-state index in [1.807, 2.05) is 0 Å². The van der Waals surface area contributed by atoms with E-state index in [0.29, 0.717) is 5.41 Å². The van der Waals surface area contributed by atoms with E-state index >= 15 is 0 Å². The highest BCUT2D eigenvalue weighted by Gasteiger charge is 2.66. The van der Waals surface area contributed by atoms with Crippen LogP contribution in [-0.2, 0) is 11.8 Å². The van der Waals surface area contributed by atoms with Crippen molar-refractivity contribution in [2.24, 2.45) is 5.73 Å². The lowest BCUT2D eigenvalue weighted by Crippen LogP contribution is -2.74. The quantitative estimate of drug-likeness (QED) is 0.859. The Balaban J connectivity index is 0.000000963. The predicted molar refractivity (Wildman–Crippen MR) is 70.1 cm³/mol. The second-order valence-corrected chi connectivity index (χ2v) is 5.62. The van der Waals surface area contributed by atoms with E-state index in [2.05, 4.69) is 31.2 Å². The van der Waals surface area contributed by atoms with Crippen LogP contribution in [0.15, 0.2) is 24.3 Å². The third kappa shape index (κ3) is 1.57. The summed E-state index contributed by atoms with van der Waals surface area (Å²) in [6, 6.07) is 9.23. The summed E-state index contributed by atoms with van der Waals surface area (Å²) in [7, 11) is 0. The van der Waals surface area contributed by atoms with Crippen LogP contribution in [0.25, 0.3) is 0 Å². The first-order valence-electron chi connectivity index (χ1n) is 6.04. The van der Waals surface area contributed by atoms with Crippen molar-refractivity contribution >= 4 is 12.4 Å². The van der Waals surface area contributed by atoms with Crippen LogP contribution in [0.4, 0.5) is 0 Å². The standard InChI is InChI=1S/C14H19N.ClH/c1-2-3-11-4-6-12(7-5-11)13-8-14(15,9-13)10-13;/h4-7H,2-3,8-10,15H2,1H3;1H. The van der Waals surface area contributed by atoms with Crippen LogP contribution in [0.5, 0.6) is 0 Å². The molecule has 0 atom stereocenters. The Kier molecular flexibility index (Phi) is 2.80. The van der Waals surface area contributed by atoms with Crippen LogP contribution in [0.1, 0.15) is 43.7 Å². The number of hydrogen-bond donors (Lipinski definition) is 1. The molecule has 2 heteroatoms. The first-order chi connectivity index (χ1) is 7.16. The topological polar surface area (TPSA) is 26.0 Å². The zero-order valence-corrected chi connectivity index (χ0v) is 10.6. The van der Waals surface area contributed by atoms with E-state index in [0.717, 1.165) is 0 Å². The van der Waals surface area contributed by atoms with Gasteiger partial charge in [0.1, 0.15) is 0 Å². The molecule has 0 saturated heterocycles. The van der Waals surface area contributed by atoms with Crippen LogP contribution in [0.3, 0.4) is 0 Å². The SMILES string of the molecule is CCCc1ccc(C23CC(N)(C2)C3)cc1.Cl. The number of nitrogens with two attached hydrogens (primary N) is 1. The lowest BCUT2D eigenvalue weighted by Gasteiger charge is -2.69. The molecule has 2 bridgehead atoms. The highest BCUT2D eigenvalue weighted by atomic mass is 35.5. The lowest BCUT2D eigenvalue weighted by molar-refractivity contribution is -0.0590. The Morgan fingerprint density at radius 1 is 1.12 bits per heavy atom. The average molecular weight is 238 g/mol. The number of hydrogen-bond acceptors (Lipinski definition) is 1. The van der Waals surface area contributed by atoms with Crippen molar-refractivity contribution in [3.63, 3.8) is 0 Å². The van der Waals surface area contributed by atoms with Gasteiger partial charge in [-0.05, 0) is 36.8 Å². The average Bonchev–Trinajstić information content (AvgIpc) is 2.14. The van der Waals surface area contributed by atoms with Crippen molar-refractivity contribution < 1.29 is 0 Å². The van der Waals surface area contributed by atoms with Gasteiger partial charge in [-0.1, -0.05) is 37.6 Å². The molecule has 1 aromatic carbocycles. The van der Waals surface area contributed by atoms with E-state index in [-0.39, 0.29) is 17.9 Å². The summed E-state index contributed by atoms with van der Waals surface area (Å²) < 4.78 is 0. The molecule has 3 aliphatic carbocycles. The molecule has 2 N–H and O–H groups in total. The minimum atomic E-state index is 0. The summed E-state index contributed by atoms with van der Waals surface area (Å²) in [5, 5.41) is 0. The van der Waals surface area contributed by atoms with Crippen molar-refractivity contribution in [3.05, 3.63) is 35.4 Å². The minimum absolute atomic E-state index is 0. The molecule has 88 valence electrons. The number of rotatable bonds is 3. The van der Waals surface area contributed by atoms with E-state index in [4.69, 9.17) is 5.73 Å². The van der Waals surface area contributed by atoms with Crippen LogP contribution >= 0.6 is 12.4 Å². The van der Waals surface area contributed by atoms with E-state index < -0.39 is 0 Å². The lowest BCUT2D eigenvalue weighted by atomic mass is 9.38. The highest BCUT2D eigenvalue weighted by Crippen LogP contribution is 2.66. The summed E-state index contributed by atoms with van der Waals surface area (Å²) in [5.41, 5.74) is 9.79. The predicted octanol–water partition coefficient (Wildman–Crippen LogP) is 3.19. The number of halogens is 1. The molecule has 0 aromatic heterocycles. The second kappa shape index (κ2) is 3.75. The molecule has 0 radical (unpaired) electrons. The Labute approximate surface area is 104 Å². The van der Waals surface area contributed by atoms with Gasteiger partial charge in [0.05, 0.1) is 0 Å². The Hall–Kier alpha value is -0.530. The second-order valence-electron chi connectivity index (χ2n) is 5.62. The molecule has 0 amide bonds. The van der Waals surface area contributed by atoms with Gasteiger partial charge in [-0.25, -0.2) is 0 Å². The summed E-state index contributed by atoms with van der Waals surface area (Å²) in [4.78, 5) is 0. The van der Waals surface area contributed by atoms with E-state index in [9.17, 15) is 0 Å². The molecule has 3 saturated carbocycles. The maximum Gasteiger partial charge on any atom is 0.0179 e. The third-order valence-corrected chi connectivity index (χ3v) is 4.18. The zero-order chi connectivity index (χ0) is 10.5. The maximum atomic E-state index is 6.09. The maximum absolute atomic E-state index is 6.09. The van der Waals surface area contributed by atoms with Crippen molar-refractivity contribution in [3.8, 4) is 0 Å². The van der Waals surface area contributed by atoms with Crippen LogP contribution in [0.2, 0.25) is 0 Å². The summed E-state index contributed by atoms with van der Waals surface area (Å²) in [6.07, 6.45) is 6.08. The van der Waals surface area contributed by atoms with Gasteiger partial charge in [0, 0.05) is 11.0 Å². The van der Waals surface area contributed by atoms with Gasteiger partial charge in [-0.15, -0.1) is 12.4 Å². The molecule has 4 rings (SSSR count). The van der Waals surface area contributed by atoms with Crippen molar-refractivity contribution in [2.45, 2.75) is 50.0 Å². The molecule has 1 aromatic rings. The number of aryl methyl sites for hydroxylation is 1.